The van der Waals surface area contributed by atoms with Crippen molar-refractivity contribution in [2.24, 2.45) is 5.92 Å². The van der Waals surface area contributed by atoms with Crippen LogP contribution in [-0.4, -0.2) is 23.7 Å². The molecule has 1 aromatic heterocycles. The average molecular weight is 470 g/mol. The lowest BCUT2D eigenvalue weighted by Crippen LogP contribution is -2.48. The van der Waals surface area contributed by atoms with Crippen LogP contribution in [0, 0.1) is 18.7 Å². The molecular formula is C26H28FNO6. The molecule has 0 aliphatic heterocycles. The number of amides is 1. The number of nitrogens with one attached hydrogen (secondary N) is 1. The highest BCUT2D eigenvalue weighted by Crippen LogP contribution is 2.27. The van der Waals surface area contributed by atoms with E-state index in [0.717, 1.165) is 0 Å². The van der Waals surface area contributed by atoms with Crippen LogP contribution in [0.3, 0.4) is 0 Å². The molecule has 1 N–H and O–H groups in total. The fraction of sp³-hybridized carbons (Fsp3) is 0.346. The fourth-order valence-corrected chi connectivity index (χ4v) is 3.41. The highest BCUT2D eigenvalue weighted by molar-refractivity contribution is 5.86. The van der Waals surface area contributed by atoms with Gasteiger partial charge in [0.25, 0.3) is 0 Å². The van der Waals surface area contributed by atoms with Gasteiger partial charge in [0.05, 0.1) is 10.9 Å². The minimum atomic E-state index is -0.944. The number of halogens is 1. The second-order valence-electron chi connectivity index (χ2n) is 9.32. The Morgan fingerprint density at radius 2 is 1.71 bits per heavy atom. The van der Waals surface area contributed by atoms with E-state index < -0.39 is 29.5 Å². The first-order valence-corrected chi connectivity index (χ1v) is 10.9. The third-order valence-corrected chi connectivity index (χ3v) is 4.98. The third-order valence-electron chi connectivity index (χ3n) is 4.98. The molecule has 0 radical (unpaired) electrons. The lowest BCUT2D eigenvalue weighted by Gasteiger charge is -2.24. The number of carbonyl (C=O) groups is 2. The van der Waals surface area contributed by atoms with E-state index in [1.165, 1.54) is 42.5 Å². The summed E-state index contributed by atoms with van der Waals surface area (Å²) in [4.78, 5) is 38.0. The van der Waals surface area contributed by atoms with Gasteiger partial charge in [0.15, 0.2) is 0 Å². The predicted molar refractivity (Wildman–Crippen MR) is 126 cm³/mol. The molecule has 7 nitrogen and oxygen atoms in total. The number of ether oxygens (including phenoxy) is 2. The number of benzene rings is 2. The monoisotopic (exact) mass is 469 g/mol. The number of hydrogen-bond acceptors (Lipinski definition) is 6. The van der Waals surface area contributed by atoms with Crippen LogP contribution in [-0.2, 0) is 9.53 Å². The van der Waals surface area contributed by atoms with Crippen molar-refractivity contribution in [2.45, 2.75) is 53.2 Å². The molecule has 0 saturated heterocycles. The zero-order valence-electron chi connectivity index (χ0n) is 20.0. The number of carbonyl (C=O) groups excluding carboxylic acids is 2. The number of alkyl carbamates (subject to hydrolysis) is 1. The van der Waals surface area contributed by atoms with Crippen LogP contribution in [0.25, 0.3) is 22.1 Å². The van der Waals surface area contributed by atoms with Crippen molar-refractivity contribution in [1.29, 1.82) is 0 Å². The highest BCUT2D eigenvalue weighted by Gasteiger charge is 2.29. The molecule has 8 heteroatoms. The van der Waals surface area contributed by atoms with Crippen molar-refractivity contribution < 1.29 is 27.9 Å². The van der Waals surface area contributed by atoms with Crippen LogP contribution in [0.5, 0.6) is 5.75 Å². The molecule has 0 fully saturated rings. The summed E-state index contributed by atoms with van der Waals surface area (Å²) in [5.74, 6) is -0.842. The van der Waals surface area contributed by atoms with Gasteiger partial charge in [0.2, 0.25) is 5.43 Å². The Morgan fingerprint density at radius 1 is 1.06 bits per heavy atom. The summed E-state index contributed by atoms with van der Waals surface area (Å²) in [5.41, 5.74) is 0.113. The Bertz CT molecular complexity index is 1270. The number of esters is 1. The van der Waals surface area contributed by atoms with Crippen LogP contribution in [0.2, 0.25) is 0 Å². The van der Waals surface area contributed by atoms with Gasteiger partial charge >= 0.3 is 12.1 Å². The zero-order chi connectivity index (χ0) is 25.2. The summed E-state index contributed by atoms with van der Waals surface area (Å²) >= 11 is 0. The summed E-state index contributed by atoms with van der Waals surface area (Å²) in [6.07, 6.45) is -0.725. The summed E-state index contributed by atoms with van der Waals surface area (Å²) in [6.45, 7) is 10.3. The molecule has 0 aliphatic carbocycles. The van der Waals surface area contributed by atoms with Gasteiger partial charge in [-0.25, -0.2) is 14.0 Å². The Kier molecular flexibility index (Phi) is 7.09. The topological polar surface area (TPSA) is 94.8 Å². The quantitative estimate of drug-likeness (QED) is 0.399. The van der Waals surface area contributed by atoms with Gasteiger partial charge in [0, 0.05) is 6.07 Å². The summed E-state index contributed by atoms with van der Waals surface area (Å²) in [6, 6.07) is 9.06. The van der Waals surface area contributed by atoms with Crippen molar-refractivity contribution in [3.8, 4) is 16.9 Å². The second-order valence-corrected chi connectivity index (χ2v) is 9.32. The Balaban J connectivity index is 1.87. The predicted octanol–water partition coefficient (Wildman–Crippen LogP) is 5.36. The molecular weight excluding hydrogens is 441 g/mol. The van der Waals surface area contributed by atoms with Gasteiger partial charge in [-0.05, 0) is 63.4 Å². The summed E-state index contributed by atoms with van der Waals surface area (Å²) < 4.78 is 29.8. The van der Waals surface area contributed by atoms with Crippen molar-refractivity contribution >= 4 is 23.0 Å². The summed E-state index contributed by atoms with van der Waals surface area (Å²) in [5, 5.41) is 2.83. The molecule has 2 aromatic carbocycles. The lowest BCUT2D eigenvalue weighted by molar-refractivity contribution is -0.137. The number of rotatable bonds is 5. The standard InChI is InChI=1S/C26H28FNO6/c1-14(2)22(28-25(31)34-26(4,5)6)24(30)33-18-11-12-19-20(13-18)32-15(3)21(23(19)29)16-7-9-17(27)10-8-16/h7-14,22H,1-6H3,(H,28,31)/t22-/m1/s1. The van der Waals surface area contributed by atoms with Crippen LogP contribution < -0.4 is 15.5 Å². The maximum absolute atomic E-state index is 13.3. The molecule has 1 amide bonds. The van der Waals surface area contributed by atoms with E-state index >= 15 is 0 Å². The summed E-state index contributed by atoms with van der Waals surface area (Å²) in [7, 11) is 0. The second kappa shape index (κ2) is 9.67. The number of aryl methyl sites for hydroxylation is 1. The Hall–Kier alpha value is -3.68. The molecule has 0 unspecified atom stereocenters. The van der Waals surface area contributed by atoms with Gasteiger partial charge in [-0.2, -0.15) is 0 Å². The average Bonchev–Trinajstić information content (AvgIpc) is 2.71. The van der Waals surface area contributed by atoms with E-state index in [1.54, 1.807) is 41.5 Å². The third kappa shape index (κ3) is 5.81. The molecule has 0 bridgehead atoms. The van der Waals surface area contributed by atoms with Crippen molar-refractivity contribution in [3.63, 3.8) is 0 Å². The number of hydrogen-bond donors (Lipinski definition) is 1. The first kappa shape index (κ1) is 25.0. The molecule has 1 atom stereocenters. The van der Waals surface area contributed by atoms with Crippen LogP contribution in [0.1, 0.15) is 40.4 Å². The van der Waals surface area contributed by atoms with E-state index in [-0.39, 0.29) is 28.1 Å². The molecule has 1 heterocycles. The maximum atomic E-state index is 13.3. The molecule has 0 saturated carbocycles. The molecule has 0 aliphatic rings. The maximum Gasteiger partial charge on any atom is 0.408 e. The molecule has 0 spiro atoms. The van der Waals surface area contributed by atoms with E-state index in [4.69, 9.17) is 13.9 Å². The minimum Gasteiger partial charge on any atom is -0.460 e. The SMILES string of the molecule is Cc1oc2cc(OC(=O)[C@H](NC(=O)OC(C)(C)C)C(C)C)ccc2c(=O)c1-c1ccc(F)cc1. The normalized spacial score (nSPS) is 12.5. The first-order valence-electron chi connectivity index (χ1n) is 10.9. The van der Waals surface area contributed by atoms with Gasteiger partial charge < -0.3 is 19.2 Å². The smallest absolute Gasteiger partial charge is 0.408 e. The van der Waals surface area contributed by atoms with E-state index in [0.29, 0.717) is 16.9 Å². The van der Waals surface area contributed by atoms with Crippen molar-refractivity contribution in [2.75, 3.05) is 0 Å². The van der Waals surface area contributed by atoms with Crippen molar-refractivity contribution in [3.05, 3.63) is 64.3 Å². The van der Waals surface area contributed by atoms with Crippen LogP contribution in [0.15, 0.2) is 51.7 Å². The molecule has 3 rings (SSSR count). The van der Waals surface area contributed by atoms with Crippen molar-refractivity contribution in [1.82, 2.24) is 5.32 Å². The van der Waals surface area contributed by atoms with Crippen LogP contribution in [0.4, 0.5) is 9.18 Å². The van der Waals surface area contributed by atoms with Crippen LogP contribution >= 0.6 is 0 Å². The van der Waals surface area contributed by atoms with Gasteiger partial charge in [-0.1, -0.05) is 26.0 Å². The minimum absolute atomic E-state index is 0.159. The lowest BCUT2D eigenvalue weighted by atomic mass is 10.0. The Morgan fingerprint density at radius 3 is 2.29 bits per heavy atom. The Labute approximate surface area is 196 Å². The molecule has 180 valence electrons. The van der Waals surface area contributed by atoms with Gasteiger partial charge in [-0.3, -0.25) is 4.79 Å². The molecule has 3 aromatic rings. The highest BCUT2D eigenvalue weighted by atomic mass is 19.1. The van der Waals surface area contributed by atoms with E-state index in [1.807, 2.05) is 0 Å². The largest absolute Gasteiger partial charge is 0.460 e. The van der Waals surface area contributed by atoms with E-state index in [9.17, 15) is 18.8 Å². The van der Waals surface area contributed by atoms with Gasteiger partial charge in [-0.15, -0.1) is 0 Å². The fourth-order valence-electron chi connectivity index (χ4n) is 3.41. The zero-order valence-corrected chi connectivity index (χ0v) is 20.0. The number of fused-ring (bicyclic) bond motifs is 1. The van der Waals surface area contributed by atoms with E-state index in [2.05, 4.69) is 5.32 Å². The van der Waals surface area contributed by atoms with Gasteiger partial charge in [0.1, 0.15) is 34.6 Å². The molecule has 34 heavy (non-hydrogen) atoms. The first-order chi connectivity index (χ1) is 15.9.